The first-order valence-electron chi connectivity index (χ1n) is 5.71. The molecule has 0 fully saturated rings. The summed E-state index contributed by atoms with van der Waals surface area (Å²) in [7, 11) is 1.98. The van der Waals surface area contributed by atoms with Gasteiger partial charge in [0.1, 0.15) is 0 Å². The third-order valence-corrected chi connectivity index (χ3v) is 3.71. The van der Waals surface area contributed by atoms with Gasteiger partial charge < -0.3 is 5.32 Å². The maximum absolute atomic E-state index is 4.15. The lowest BCUT2D eigenvalue weighted by molar-refractivity contribution is 0.590. The van der Waals surface area contributed by atoms with Crippen LogP contribution in [0.2, 0.25) is 0 Å². The molecule has 2 nitrogen and oxygen atoms in total. The van der Waals surface area contributed by atoms with Gasteiger partial charge in [-0.1, -0.05) is 37.9 Å². The van der Waals surface area contributed by atoms with Crippen molar-refractivity contribution in [2.75, 3.05) is 7.05 Å². The van der Waals surface area contributed by atoms with Gasteiger partial charge in [0, 0.05) is 27.4 Å². The fourth-order valence-corrected chi connectivity index (χ4v) is 3.25. The molecule has 2 aromatic rings. The summed E-state index contributed by atoms with van der Waals surface area (Å²) < 4.78 is 2.16. The molecule has 0 bridgehead atoms. The monoisotopic (exact) mass is 368 g/mol. The summed E-state index contributed by atoms with van der Waals surface area (Å²) in [6, 6.07) is 10.7. The lowest BCUT2D eigenvalue weighted by Crippen LogP contribution is -2.19. The van der Waals surface area contributed by atoms with Crippen LogP contribution in [0.3, 0.4) is 0 Å². The third kappa shape index (κ3) is 3.64. The Balaban J connectivity index is 2.23. The number of likely N-dealkylation sites (N-methyl/N-ethyl adjacent to an activating group) is 1. The van der Waals surface area contributed by atoms with Crippen molar-refractivity contribution >= 4 is 31.9 Å². The Morgan fingerprint density at radius 3 is 2.50 bits per heavy atom. The molecule has 1 unspecified atom stereocenters. The second kappa shape index (κ2) is 6.45. The molecular formula is C14H14Br2N2. The Morgan fingerprint density at radius 2 is 1.94 bits per heavy atom. The molecule has 1 heterocycles. The third-order valence-electron chi connectivity index (χ3n) is 2.80. The Kier molecular flexibility index (Phi) is 4.92. The highest BCUT2D eigenvalue weighted by Crippen LogP contribution is 2.26. The smallest absolute Gasteiger partial charge is 0.0359 e. The molecule has 1 aromatic carbocycles. The molecule has 0 radical (unpaired) electrons. The van der Waals surface area contributed by atoms with Crippen LogP contribution in [0.1, 0.15) is 17.2 Å². The summed E-state index contributed by atoms with van der Waals surface area (Å²) in [6.45, 7) is 0. The molecule has 0 aliphatic rings. The van der Waals surface area contributed by atoms with E-state index in [9.17, 15) is 0 Å². The van der Waals surface area contributed by atoms with Crippen LogP contribution >= 0.6 is 31.9 Å². The van der Waals surface area contributed by atoms with Gasteiger partial charge in [-0.2, -0.15) is 0 Å². The number of nitrogens with one attached hydrogen (secondary N) is 1. The average Bonchev–Trinajstić information content (AvgIpc) is 2.36. The van der Waals surface area contributed by atoms with Crippen molar-refractivity contribution in [3.05, 3.63) is 62.8 Å². The SMILES string of the molecule is CNC(Cc1cccnc1)c1cc(Br)cc(Br)c1. The Bertz CT molecular complexity index is 494. The normalized spacial score (nSPS) is 12.4. The molecule has 0 saturated heterocycles. The summed E-state index contributed by atoms with van der Waals surface area (Å²) in [6.07, 6.45) is 4.64. The minimum Gasteiger partial charge on any atom is -0.313 e. The Labute approximate surface area is 124 Å². The van der Waals surface area contributed by atoms with E-state index in [0.29, 0.717) is 0 Å². The predicted octanol–water partition coefficient (Wildman–Crippen LogP) is 4.11. The summed E-state index contributed by atoms with van der Waals surface area (Å²) in [4.78, 5) is 4.15. The van der Waals surface area contributed by atoms with Gasteiger partial charge in [0.15, 0.2) is 0 Å². The lowest BCUT2D eigenvalue weighted by atomic mass is 10.0. The number of aromatic nitrogens is 1. The summed E-state index contributed by atoms with van der Waals surface area (Å²) in [5.41, 5.74) is 2.48. The molecule has 0 aliphatic heterocycles. The van der Waals surface area contributed by atoms with Crippen LogP contribution in [-0.4, -0.2) is 12.0 Å². The van der Waals surface area contributed by atoms with E-state index < -0.39 is 0 Å². The molecule has 4 heteroatoms. The minimum atomic E-state index is 0.281. The van der Waals surface area contributed by atoms with E-state index in [4.69, 9.17) is 0 Å². The maximum Gasteiger partial charge on any atom is 0.0359 e. The zero-order chi connectivity index (χ0) is 13.0. The van der Waals surface area contributed by atoms with Crippen molar-refractivity contribution in [2.24, 2.45) is 0 Å². The fourth-order valence-electron chi connectivity index (χ4n) is 1.92. The van der Waals surface area contributed by atoms with Crippen molar-refractivity contribution < 1.29 is 0 Å². The fraction of sp³-hybridized carbons (Fsp3) is 0.214. The summed E-state index contributed by atoms with van der Waals surface area (Å²) >= 11 is 7.05. The van der Waals surface area contributed by atoms with Gasteiger partial charge in [-0.15, -0.1) is 0 Å². The molecule has 0 saturated carbocycles. The second-order valence-electron chi connectivity index (χ2n) is 4.11. The first-order chi connectivity index (χ1) is 8.69. The molecular weight excluding hydrogens is 356 g/mol. The molecule has 94 valence electrons. The standard InChI is InChI=1S/C14H14Br2N2/c1-17-14(5-10-3-2-4-18-9-10)11-6-12(15)8-13(16)7-11/h2-4,6-9,14,17H,5H2,1H3. The first-order valence-corrected chi connectivity index (χ1v) is 7.30. The second-order valence-corrected chi connectivity index (χ2v) is 5.94. The van der Waals surface area contributed by atoms with Gasteiger partial charge in [0.25, 0.3) is 0 Å². The van der Waals surface area contributed by atoms with Gasteiger partial charge in [-0.25, -0.2) is 0 Å². The summed E-state index contributed by atoms with van der Waals surface area (Å²) in [5, 5.41) is 3.35. The average molecular weight is 370 g/mol. The number of rotatable bonds is 4. The molecule has 1 N–H and O–H groups in total. The summed E-state index contributed by atoms with van der Waals surface area (Å²) in [5.74, 6) is 0. The number of hydrogen-bond acceptors (Lipinski definition) is 2. The van der Waals surface area contributed by atoms with Crippen molar-refractivity contribution in [3.63, 3.8) is 0 Å². The van der Waals surface area contributed by atoms with E-state index in [0.717, 1.165) is 15.4 Å². The highest BCUT2D eigenvalue weighted by Gasteiger charge is 2.11. The Morgan fingerprint density at radius 1 is 1.22 bits per heavy atom. The number of pyridine rings is 1. The van der Waals surface area contributed by atoms with E-state index in [1.807, 2.05) is 25.4 Å². The molecule has 18 heavy (non-hydrogen) atoms. The first kappa shape index (κ1) is 13.7. The van der Waals surface area contributed by atoms with E-state index in [2.05, 4.69) is 60.4 Å². The lowest BCUT2D eigenvalue weighted by Gasteiger charge is -2.17. The molecule has 2 rings (SSSR count). The van der Waals surface area contributed by atoms with Crippen molar-refractivity contribution in [1.82, 2.24) is 10.3 Å². The number of benzene rings is 1. The van der Waals surface area contributed by atoms with E-state index >= 15 is 0 Å². The van der Waals surface area contributed by atoms with Gasteiger partial charge in [-0.05, 0) is 48.9 Å². The molecule has 0 aliphatic carbocycles. The topological polar surface area (TPSA) is 24.9 Å². The quantitative estimate of drug-likeness (QED) is 0.877. The zero-order valence-electron chi connectivity index (χ0n) is 10.0. The van der Waals surface area contributed by atoms with Gasteiger partial charge >= 0.3 is 0 Å². The van der Waals surface area contributed by atoms with Crippen molar-refractivity contribution in [1.29, 1.82) is 0 Å². The molecule has 1 atom stereocenters. The molecule has 0 amide bonds. The van der Waals surface area contributed by atoms with Crippen LogP contribution in [0, 0.1) is 0 Å². The predicted molar refractivity (Wildman–Crippen MR) is 81.6 cm³/mol. The van der Waals surface area contributed by atoms with Crippen molar-refractivity contribution in [2.45, 2.75) is 12.5 Å². The maximum atomic E-state index is 4.15. The largest absolute Gasteiger partial charge is 0.313 e. The highest BCUT2D eigenvalue weighted by atomic mass is 79.9. The Hall–Kier alpha value is -0.710. The van der Waals surface area contributed by atoms with Crippen LogP contribution in [0.4, 0.5) is 0 Å². The van der Waals surface area contributed by atoms with Crippen LogP contribution in [-0.2, 0) is 6.42 Å². The number of nitrogens with zero attached hydrogens (tertiary/aromatic N) is 1. The minimum absolute atomic E-state index is 0.281. The van der Waals surface area contributed by atoms with Crippen LogP contribution in [0.25, 0.3) is 0 Å². The highest BCUT2D eigenvalue weighted by molar-refractivity contribution is 9.11. The van der Waals surface area contributed by atoms with Gasteiger partial charge in [-0.3, -0.25) is 4.98 Å². The van der Waals surface area contributed by atoms with Crippen LogP contribution < -0.4 is 5.32 Å². The van der Waals surface area contributed by atoms with E-state index in [1.165, 1.54) is 11.1 Å². The van der Waals surface area contributed by atoms with E-state index in [-0.39, 0.29) is 6.04 Å². The van der Waals surface area contributed by atoms with Crippen molar-refractivity contribution in [3.8, 4) is 0 Å². The molecule has 1 aromatic heterocycles. The van der Waals surface area contributed by atoms with Crippen LogP contribution in [0.15, 0.2) is 51.7 Å². The molecule has 0 spiro atoms. The van der Waals surface area contributed by atoms with Gasteiger partial charge in [0.05, 0.1) is 0 Å². The number of halogens is 2. The van der Waals surface area contributed by atoms with Gasteiger partial charge in [0.2, 0.25) is 0 Å². The van der Waals surface area contributed by atoms with E-state index in [1.54, 1.807) is 6.20 Å². The number of hydrogen-bond donors (Lipinski definition) is 1. The zero-order valence-corrected chi connectivity index (χ0v) is 13.2. The van der Waals surface area contributed by atoms with Crippen LogP contribution in [0.5, 0.6) is 0 Å².